The van der Waals surface area contributed by atoms with Gasteiger partial charge in [-0.3, -0.25) is 0 Å². The van der Waals surface area contributed by atoms with Crippen LogP contribution >= 0.6 is 0 Å². The lowest BCUT2D eigenvalue weighted by Gasteiger charge is -2.29. The van der Waals surface area contributed by atoms with Crippen LogP contribution in [0.2, 0.25) is 0 Å². The second kappa shape index (κ2) is 4.77. The van der Waals surface area contributed by atoms with Crippen LogP contribution in [0.4, 0.5) is 0 Å². The molecule has 0 radical (unpaired) electrons. The number of rotatable bonds is 3. The summed E-state index contributed by atoms with van der Waals surface area (Å²) in [7, 11) is 0. The Balaban J connectivity index is 2.21. The van der Waals surface area contributed by atoms with Crippen molar-refractivity contribution in [2.24, 2.45) is 5.73 Å². The summed E-state index contributed by atoms with van der Waals surface area (Å²) in [6, 6.07) is 8.68. The minimum atomic E-state index is 0.108. The largest absolute Gasteiger partial charge is 0.396 e. The average Bonchev–Trinajstić information content (AvgIpc) is 2.28. The number of fused-ring (bicyclic) bond motifs is 1. The Hall–Kier alpha value is -0.860. The zero-order valence-corrected chi connectivity index (χ0v) is 9.02. The van der Waals surface area contributed by atoms with Crippen LogP contribution in [-0.4, -0.2) is 17.8 Å². The normalized spacial score (nSPS) is 22.1. The van der Waals surface area contributed by atoms with E-state index in [2.05, 4.69) is 24.3 Å². The summed E-state index contributed by atoms with van der Waals surface area (Å²) in [6.45, 7) is 0.194. The van der Waals surface area contributed by atoms with Gasteiger partial charge in [0.25, 0.3) is 0 Å². The molecule has 0 spiro atoms. The number of aliphatic hydroxyl groups is 1. The monoisotopic (exact) mass is 205 g/mol. The highest BCUT2D eigenvalue weighted by Crippen LogP contribution is 2.33. The molecule has 0 saturated heterocycles. The van der Waals surface area contributed by atoms with Gasteiger partial charge in [0.1, 0.15) is 0 Å². The molecule has 1 aromatic rings. The first-order valence-corrected chi connectivity index (χ1v) is 5.77. The first-order valence-electron chi connectivity index (χ1n) is 5.77. The smallest absolute Gasteiger partial charge is 0.0446 e. The summed E-state index contributed by atoms with van der Waals surface area (Å²) in [5, 5.41) is 8.94. The first-order chi connectivity index (χ1) is 7.33. The van der Waals surface area contributed by atoms with E-state index >= 15 is 0 Å². The van der Waals surface area contributed by atoms with Crippen LogP contribution in [0.5, 0.6) is 0 Å². The number of aryl methyl sites for hydroxylation is 1. The molecule has 0 amide bonds. The first kappa shape index (κ1) is 10.7. The Morgan fingerprint density at radius 2 is 2.20 bits per heavy atom. The van der Waals surface area contributed by atoms with E-state index in [1.165, 1.54) is 24.0 Å². The molecule has 0 saturated carbocycles. The van der Waals surface area contributed by atoms with Crippen LogP contribution in [0, 0.1) is 0 Å². The SMILES string of the molecule is NC(CCO)C1CCCc2ccccc21. The van der Waals surface area contributed by atoms with Crippen LogP contribution in [-0.2, 0) is 6.42 Å². The van der Waals surface area contributed by atoms with Crippen LogP contribution in [0.1, 0.15) is 36.3 Å². The van der Waals surface area contributed by atoms with Crippen molar-refractivity contribution in [2.75, 3.05) is 6.61 Å². The van der Waals surface area contributed by atoms with Gasteiger partial charge in [-0.05, 0) is 42.7 Å². The maximum atomic E-state index is 8.94. The summed E-state index contributed by atoms with van der Waals surface area (Å²) >= 11 is 0. The Kier molecular flexibility index (Phi) is 3.39. The van der Waals surface area contributed by atoms with E-state index in [0.29, 0.717) is 12.3 Å². The predicted molar refractivity (Wildman–Crippen MR) is 61.8 cm³/mol. The zero-order valence-electron chi connectivity index (χ0n) is 9.02. The molecule has 2 atom stereocenters. The third-order valence-electron chi connectivity index (χ3n) is 3.40. The lowest BCUT2D eigenvalue weighted by atomic mass is 9.78. The Bertz CT molecular complexity index is 324. The Labute approximate surface area is 91.1 Å². The van der Waals surface area contributed by atoms with Crippen molar-refractivity contribution in [3.63, 3.8) is 0 Å². The highest BCUT2D eigenvalue weighted by Gasteiger charge is 2.24. The van der Waals surface area contributed by atoms with Crippen LogP contribution in [0.25, 0.3) is 0 Å². The molecule has 2 nitrogen and oxygen atoms in total. The van der Waals surface area contributed by atoms with E-state index < -0.39 is 0 Å². The quantitative estimate of drug-likeness (QED) is 0.790. The molecule has 1 aliphatic rings. The molecule has 1 aliphatic carbocycles. The van der Waals surface area contributed by atoms with Crippen LogP contribution < -0.4 is 5.73 Å². The fourth-order valence-electron chi connectivity index (χ4n) is 2.59. The van der Waals surface area contributed by atoms with Crippen molar-refractivity contribution in [2.45, 2.75) is 37.6 Å². The molecule has 0 aromatic heterocycles. The molecule has 15 heavy (non-hydrogen) atoms. The average molecular weight is 205 g/mol. The maximum absolute atomic E-state index is 8.94. The van der Waals surface area contributed by atoms with E-state index in [-0.39, 0.29) is 12.6 Å². The summed E-state index contributed by atoms with van der Waals surface area (Å²) in [6.07, 6.45) is 4.27. The van der Waals surface area contributed by atoms with Gasteiger partial charge < -0.3 is 10.8 Å². The van der Waals surface area contributed by atoms with E-state index in [0.717, 1.165) is 6.42 Å². The van der Waals surface area contributed by atoms with Gasteiger partial charge in [0, 0.05) is 12.6 Å². The van der Waals surface area contributed by atoms with E-state index in [1.807, 2.05) is 0 Å². The molecular formula is C13H19NO. The fraction of sp³-hybridized carbons (Fsp3) is 0.538. The molecule has 0 bridgehead atoms. The van der Waals surface area contributed by atoms with Gasteiger partial charge in [0.2, 0.25) is 0 Å². The van der Waals surface area contributed by atoms with E-state index in [1.54, 1.807) is 0 Å². The van der Waals surface area contributed by atoms with E-state index in [4.69, 9.17) is 10.8 Å². The predicted octanol–water partition coefficient (Wildman–Crippen LogP) is 1.82. The van der Waals surface area contributed by atoms with Gasteiger partial charge in [0.15, 0.2) is 0 Å². The number of hydrogen-bond acceptors (Lipinski definition) is 2. The molecule has 0 heterocycles. The molecule has 0 aliphatic heterocycles. The molecule has 2 heteroatoms. The maximum Gasteiger partial charge on any atom is 0.0446 e. The standard InChI is InChI=1S/C13H19NO/c14-13(8-9-15)12-7-3-5-10-4-1-2-6-11(10)12/h1-2,4,6,12-13,15H,3,5,7-9,14H2. The molecule has 0 fully saturated rings. The Morgan fingerprint density at radius 1 is 1.40 bits per heavy atom. The molecule has 3 N–H and O–H groups in total. The highest BCUT2D eigenvalue weighted by atomic mass is 16.3. The molecule has 2 rings (SSSR count). The lowest BCUT2D eigenvalue weighted by molar-refractivity contribution is 0.263. The third-order valence-corrected chi connectivity index (χ3v) is 3.40. The number of hydrogen-bond donors (Lipinski definition) is 2. The van der Waals surface area contributed by atoms with Gasteiger partial charge in [-0.25, -0.2) is 0 Å². The minimum absolute atomic E-state index is 0.108. The van der Waals surface area contributed by atoms with Crippen LogP contribution in [0.3, 0.4) is 0 Å². The lowest BCUT2D eigenvalue weighted by Crippen LogP contribution is -2.31. The molecule has 1 aromatic carbocycles. The zero-order chi connectivity index (χ0) is 10.7. The molecule has 82 valence electrons. The van der Waals surface area contributed by atoms with E-state index in [9.17, 15) is 0 Å². The number of nitrogens with two attached hydrogens (primary N) is 1. The fourth-order valence-corrected chi connectivity index (χ4v) is 2.59. The summed E-state index contributed by atoms with van der Waals surface area (Å²) in [5.74, 6) is 0.446. The molecule has 2 unspecified atom stereocenters. The highest BCUT2D eigenvalue weighted by molar-refractivity contribution is 5.33. The topological polar surface area (TPSA) is 46.2 Å². The van der Waals surface area contributed by atoms with Crippen LogP contribution in [0.15, 0.2) is 24.3 Å². The summed E-state index contributed by atoms with van der Waals surface area (Å²) < 4.78 is 0. The van der Waals surface area contributed by atoms with Crippen molar-refractivity contribution < 1.29 is 5.11 Å². The second-order valence-electron chi connectivity index (χ2n) is 4.37. The van der Waals surface area contributed by atoms with Crippen molar-refractivity contribution in [3.8, 4) is 0 Å². The van der Waals surface area contributed by atoms with Gasteiger partial charge in [-0.1, -0.05) is 24.3 Å². The van der Waals surface area contributed by atoms with Crippen molar-refractivity contribution in [3.05, 3.63) is 35.4 Å². The second-order valence-corrected chi connectivity index (χ2v) is 4.37. The van der Waals surface area contributed by atoms with Gasteiger partial charge in [-0.15, -0.1) is 0 Å². The minimum Gasteiger partial charge on any atom is -0.396 e. The third kappa shape index (κ3) is 2.21. The van der Waals surface area contributed by atoms with Crippen molar-refractivity contribution in [1.82, 2.24) is 0 Å². The van der Waals surface area contributed by atoms with Crippen molar-refractivity contribution >= 4 is 0 Å². The van der Waals surface area contributed by atoms with Gasteiger partial charge >= 0.3 is 0 Å². The molecular weight excluding hydrogens is 186 g/mol. The summed E-state index contributed by atoms with van der Waals surface area (Å²) in [5.41, 5.74) is 8.97. The Morgan fingerprint density at radius 3 is 3.00 bits per heavy atom. The number of benzene rings is 1. The van der Waals surface area contributed by atoms with Crippen molar-refractivity contribution in [1.29, 1.82) is 0 Å². The van der Waals surface area contributed by atoms with Gasteiger partial charge in [-0.2, -0.15) is 0 Å². The summed E-state index contributed by atoms with van der Waals surface area (Å²) in [4.78, 5) is 0. The number of aliphatic hydroxyl groups excluding tert-OH is 1. The van der Waals surface area contributed by atoms with Gasteiger partial charge in [0.05, 0.1) is 0 Å².